The summed E-state index contributed by atoms with van der Waals surface area (Å²) in [5.74, 6) is 0.333. The summed E-state index contributed by atoms with van der Waals surface area (Å²) in [7, 11) is 0. The average Bonchev–Trinajstić information content (AvgIpc) is 2.08. The van der Waals surface area contributed by atoms with E-state index in [2.05, 4.69) is 38.1 Å². The fourth-order valence-corrected chi connectivity index (χ4v) is 0.663. The molecule has 1 aromatic carbocycles. The van der Waals surface area contributed by atoms with E-state index in [9.17, 15) is 9.59 Å². The van der Waals surface area contributed by atoms with Gasteiger partial charge >= 0.3 is 0 Å². The van der Waals surface area contributed by atoms with Crippen molar-refractivity contribution >= 4 is 11.6 Å². The van der Waals surface area contributed by atoms with Gasteiger partial charge in [-0.1, -0.05) is 24.3 Å². The van der Waals surface area contributed by atoms with Gasteiger partial charge in [0.1, 0.15) is 11.6 Å². The fourth-order valence-electron chi connectivity index (χ4n) is 0.663. The van der Waals surface area contributed by atoms with Crippen LogP contribution in [0.1, 0.15) is 38.8 Å². The molecule has 0 radical (unpaired) electrons. The summed E-state index contributed by atoms with van der Waals surface area (Å²) in [6.45, 7) is 10.4. The number of aryl methyl sites for hydroxylation is 2. The first-order valence-electron chi connectivity index (χ1n) is 5.24. The molecule has 0 aliphatic heterocycles. The zero-order valence-electron chi connectivity index (χ0n) is 11.1. The average molecular weight is 222 g/mol. The van der Waals surface area contributed by atoms with Gasteiger partial charge in [0.25, 0.3) is 0 Å². The standard InChI is InChI=1S/C8H10.2C3H6O/c1-7-5-3-4-6-8(7)2;2*1-3(2)4/h3-6H,1-2H3;2*1-2H3. The molecule has 1 aromatic rings. The summed E-state index contributed by atoms with van der Waals surface area (Å²) in [5, 5.41) is 0. The van der Waals surface area contributed by atoms with Gasteiger partial charge in [-0.3, -0.25) is 0 Å². The number of Topliss-reactive ketones (excluding diaryl/α,β-unsaturated/α-hetero) is 2. The molecule has 1 rings (SSSR count). The monoisotopic (exact) mass is 222 g/mol. The molecule has 2 nitrogen and oxygen atoms in total. The van der Waals surface area contributed by atoms with Crippen molar-refractivity contribution in [3.8, 4) is 0 Å². The third kappa shape index (κ3) is 18.4. The summed E-state index contributed by atoms with van der Waals surface area (Å²) < 4.78 is 0. The molecule has 0 heterocycles. The van der Waals surface area contributed by atoms with Crippen molar-refractivity contribution in [3.05, 3.63) is 35.4 Å². The molecule has 0 spiro atoms. The Labute approximate surface area is 98.7 Å². The van der Waals surface area contributed by atoms with Gasteiger partial charge in [0, 0.05) is 0 Å². The van der Waals surface area contributed by atoms with E-state index in [1.54, 1.807) is 0 Å². The van der Waals surface area contributed by atoms with E-state index < -0.39 is 0 Å². The highest BCUT2D eigenvalue weighted by molar-refractivity contribution is 5.72. The van der Waals surface area contributed by atoms with E-state index in [0.717, 1.165) is 0 Å². The number of benzene rings is 1. The Morgan fingerprint density at radius 3 is 1.06 bits per heavy atom. The quantitative estimate of drug-likeness (QED) is 0.673. The van der Waals surface area contributed by atoms with E-state index in [1.165, 1.54) is 38.8 Å². The van der Waals surface area contributed by atoms with Crippen LogP contribution in [0, 0.1) is 13.8 Å². The van der Waals surface area contributed by atoms with Gasteiger partial charge in [0.05, 0.1) is 0 Å². The number of ketones is 2. The van der Waals surface area contributed by atoms with Crippen LogP contribution in [0.3, 0.4) is 0 Å². The minimum Gasteiger partial charge on any atom is -0.300 e. The lowest BCUT2D eigenvalue weighted by molar-refractivity contribution is -0.115. The zero-order chi connectivity index (χ0) is 13.1. The summed E-state index contributed by atoms with van der Waals surface area (Å²) in [5.41, 5.74) is 2.74. The van der Waals surface area contributed by atoms with Crippen molar-refractivity contribution < 1.29 is 9.59 Å². The molecular weight excluding hydrogens is 200 g/mol. The highest BCUT2D eigenvalue weighted by atomic mass is 16.1. The fraction of sp³-hybridized carbons (Fsp3) is 0.429. The lowest BCUT2D eigenvalue weighted by Crippen LogP contribution is -1.74. The normalized spacial score (nSPS) is 7.88. The van der Waals surface area contributed by atoms with Crippen LogP contribution in [-0.2, 0) is 9.59 Å². The lowest BCUT2D eigenvalue weighted by atomic mass is 10.1. The van der Waals surface area contributed by atoms with E-state index in [-0.39, 0.29) is 11.6 Å². The molecule has 0 fully saturated rings. The van der Waals surface area contributed by atoms with Gasteiger partial charge in [0.2, 0.25) is 0 Å². The predicted molar refractivity (Wildman–Crippen MR) is 68.6 cm³/mol. The third-order valence-corrected chi connectivity index (χ3v) is 1.43. The van der Waals surface area contributed by atoms with Crippen LogP contribution in [-0.4, -0.2) is 11.6 Å². The Kier molecular flexibility index (Phi) is 10.7. The first-order chi connectivity index (χ1) is 7.27. The Morgan fingerprint density at radius 1 is 0.750 bits per heavy atom. The zero-order valence-corrected chi connectivity index (χ0v) is 11.1. The van der Waals surface area contributed by atoms with Gasteiger partial charge in [-0.05, 0) is 52.7 Å². The van der Waals surface area contributed by atoms with E-state index in [0.29, 0.717) is 0 Å². The van der Waals surface area contributed by atoms with Crippen LogP contribution in [0.2, 0.25) is 0 Å². The van der Waals surface area contributed by atoms with Crippen LogP contribution >= 0.6 is 0 Å². The lowest BCUT2D eigenvalue weighted by Gasteiger charge is -1.93. The molecule has 0 amide bonds. The van der Waals surface area contributed by atoms with Gasteiger partial charge in [-0.2, -0.15) is 0 Å². The van der Waals surface area contributed by atoms with Crippen LogP contribution in [0.4, 0.5) is 0 Å². The van der Waals surface area contributed by atoms with Crippen molar-refractivity contribution in [2.45, 2.75) is 41.5 Å². The summed E-state index contributed by atoms with van der Waals surface area (Å²) >= 11 is 0. The second kappa shape index (κ2) is 10.1. The first kappa shape index (κ1) is 17.0. The molecule has 0 saturated carbocycles. The number of carbonyl (C=O) groups is 2. The van der Waals surface area contributed by atoms with Gasteiger partial charge < -0.3 is 9.59 Å². The van der Waals surface area contributed by atoms with Crippen molar-refractivity contribution in [3.63, 3.8) is 0 Å². The van der Waals surface area contributed by atoms with Crippen LogP contribution in [0.5, 0.6) is 0 Å². The van der Waals surface area contributed by atoms with E-state index >= 15 is 0 Å². The molecular formula is C14H22O2. The van der Waals surface area contributed by atoms with Gasteiger partial charge in [0.15, 0.2) is 0 Å². The van der Waals surface area contributed by atoms with Crippen LogP contribution < -0.4 is 0 Å². The number of rotatable bonds is 0. The maximum atomic E-state index is 9.44. The number of hydrogen-bond donors (Lipinski definition) is 0. The topological polar surface area (TPSA) is 34.1 Å². The molecule has 0 N–H and O–H groups in total. The SMILES string of the molecule is CC(C)=O.CC(C)=O.Cc1ccccc1C. The Morgan fingerprint density at radius 2 is 0.938 bits per heavy atom. The highest BCUT2D eigenvalue weighted by Gasteiger charge is 1.83. The maximum Gasteiger partial charge on any atom is 0.126 e. The maximum absolute atomic E-state index is 9.44. The van der Waals surface area contributed by atoms with E-state index in [4.69, 9.17) is 0 Å². The second-order valence-electron chi connectivity index (χ2n) is 3.90. The van der Waals surface area contributed by atoms with Crippen molar-refractivity contribution in [1.82, 2.24) is 0 Å². The van der Waals surface area contributed by atoms with E-state index in [1.807, 2.05) is 0 Å². The van der Waals surface area contributed by atoms with Crippen LogP contribution in [0.15, 0.2) is 24.3 Å². The van der Waals surface area contributed by atoms with Crippen molar-refractivity contribution in [1.29, 1.82) is 0 Å². The summed E-state index contributed by atoms with van der Waals surface area (Å²) in [4.78, 5) is 18.9. The van der Waals surface area contributed by atoms with Crippen LogP contribution in [0.25, 0.3) is 0 Å². The Balaban J connectivity index is 0. The molecule has 0 aliphatic rings. The molecule has 2 heteroatoms. The van der Waals surface area contributed by atoms with Gasteiger partial charge in [-0.25, -0.2) is 0 Å². The van der Waals surface area contributed by atoms with Gasteiger partial charge in [-0.15, -0.1) is 0 Å². The number of carbonyl (C=O) groups excluding carboxylic acids is 2. The smallest absolute Gasteiger partial charge is 0.126 e. The highest BCUT2D eigenvalue weighted by Crippen LogP contribution is 2.02. The Bertz CT molecular complexity index is 286. The summed E-state index contributed by atoms with van der Waals surface area (Å²) in [6, 6.07) is 8.36. The molecule has 0 aromatic heterocycles. The molecule has 0 unspecified atom stereocenters. The molecule has 90 valence electrons. The minimum absolute atomic E-state index is 0.167. The van der Waals surface area contributed by atoms with Crippen molar-refractivity contribution in [2.75, 3.05) is 0 Å². The molecule has 0 atom stereocenters. The third-order valence-electron chi connectivity index (χ3n) is 1.43. The van der Waals surface area contributed by atoms with Crippen molar-refractivity contribution in [2.24, 2.45) is 0 Å². The molecule has 0 bridgehead atoms. The molecule has 0 aliphatic carbocycles. The predicted octanol–water partition coefficient (Wildman–Crippen LogP) is 3.49. The first-order valence-corrected chi connectivity index (χ1v) is 5.24. The summed E-state index contributed by atoms with van der Waals surface area (Å²) in [6.07, 6.45) is 0. The second-order valence-corrected chi connectivity index (χ2v) is 3.90. The molecule has 0 saturated heterocycles. The number of hydrogen-bond acceptors (Lipinski definition) is 2. The minimum atomic E-state index is 0.167. The largest absolute Gasteiger partial charge is 0.300 e. The Hall–Kier alpha value is -1.44. The molecule has 16 heavy (non-hydrogen) atoms.